The van der Waals surface area contributed by atoms with Crippen molar-refractivity contribution in [1.82, 2.24) is 10.2 Å². The number of nitrogens with zero attached hydrogens (tertiary/aromatic N) is 3. The molecule has 10 fully saturated rings. The number of fused-ring (bicyclic) bond motifs is 2. The summed E-state index contributed by atoms with van der Waals surface area (Å²) in [5, 5.41) is 30.1. The molecule has 15 unspecified atom stereocenters. The molecule has 13 nitrogen and oxygen atoms in total. The zero-order valence-corrected chi connectivity index (χ0v) is 54.5. The molecule has 10 aliphatic carbocycles. The predicted molar refractivity (Wildman–Crippen MR) is 351 cm³/mol. The monoisotopic (exact) mass is 1240 g/mol. The second-order valence-electron chi connectivity index (χ2n) is 31.8. The van der Waals surface area contributed by atoms with Crippen LogP contribution in [0, 0.1) is 62.6 Å². The minimum atomic E-state index is -0.847. The zero-order chi connectivity index (χ0) is 60.3. The van der Waals surface area contributed by atoms with Crippen LogP contribution in [0.1, 0.15) is 240 Å². The summed E-state index contributed by atoms with van der Waals surface area (Å²) in [5.41, 5.74) is 22.7. The molecule has 0 radical (unpaired) electrons. The summed E-state index contributed by atoms with van der Waals surface area (Å²) in [6, 6.07) is 13.1. The lowest BCUT2D eigenvalue weighted by Crippen LogP contribution is -2.56. The van der Waals surface area contributed by atoms with Crippen molar-refractivity contribution in [2.24, 2.45) is 89.8 Å². The molecule has 1 amide bonds. The van der Waals surface area contributed by atoms with Crippen molar-refractivity contribution in [3.63, 3.8) is 0 Å². The SMILES string of the molecule is CC(=O)OC12CCc3cc(c(O)c4c3C3C=CC5(CCCC5C3)O4)CN3CC4(CC3=O)C(CCC4c3ccccc3)CN=C(N)NC3(CCCC34CCCC4)SSCC3CCC(CC34CCC3(CCCC3)C43CCC(CCN=C(N)N)C3)C(CC1)C(O)C2. The first-order valence-corrected chi connectivity index (χ1v) is 37.8. The summed E-state index contributed by atoms with van der Waals surface area (Å²) in [5.74, 6) is 4.83. The van der Waals surface area contributed by atoms with Crippen molar-refractivity contribution >= 4 is 45.4 Å². The van der Waals surface area contributed by atoms with Crippen LogP contribution in [0.4, 0.5) is 0 Å². The molecule has 15 heteroatoms. The molecule has 9 N–H and O–H groups in total. The van der Waals surface area contributed by atoms with Crippen LogP contribution in [-0.2, 0) is 27.3 Å². The molecule has 6 aliphatic heterocycles. The Morgan fingerprint density at radius 1 is 0.841 bits per heavy atom. The number of aliphatic imine (C=N–C) groups is 2. The molecule has 15 atom stereocenters. The maximum atomic E-state index is 15.1. The highest BCUT2D eigenvalue weighted by Crippen LogP contribution is 2.80. The van der Waals surface area contributed by atoms with E-state index < -0.39 is 17.3 Å². The molecule has 0 aromatic heterocycles. The third-order valence-corrected chi connectivity index (χ3v) is 31.6. The van der Waals surface area contributed by atoms with Gasteiger partial charge < -0.3 is 47.1 Å². The number of benzene rings is 2. The number of hydrogen-bond donors (Lipinski definition) is 6. The van der Waals surface area contributed by atoms with Gasteiger partial charge in [0.25, 0.3) is 0 Å². The van der Waals surface area contributed by atoms with E-state index in [9.17, 15) is 15.0 Å². The molecule has 478 valence electrons. The highest BCUT2D eigenvalue weighted by Gasteiger charge is 2.72. The number of allylic oxidation sites excluding steroid dienone is 1. The molecule has 1 saturated heterocycles. The molecule has 2 aromatic carbocycles. The Hall–Kier alpha value is -4.08. The van der Waals surface area contributed by atoms with Gasteiger partial charge in [0.05, 0.1) is 6.10 Å². The van der Waals surface area contributed by atoms with Gasteiger partial charge in [0.2, 0.25) is 5.91 Å². The first-order valence-electron chi connectivity index (χ1n) is 35.5. The Balaban J connectivity index is 0.828. The summed E-state index contributed by atoms with van der Waals surface area (Å²) < 4.78 is 14.0. The number of phenolic OH excluding ortho intramolecular Hbond substituents is 1. The van der Waals surface area contributed by atoms with Crippen molar-refractivity contribution in [1.29, 1.82) is 0 Å². The molecule has 7 spiro atoms. The number of aromatic hydroxyl groups is 1. The van der Waals surface area contributed by atoms with Gasteiger partial charge in [-0.05, 0) is 242 Å². The molecule has 16 aliphatic rings. The highest BCUT2D eigenvalue weighted by molar-refractivity contribution is 8.77. The van der Waals surface area contributed by atoms with Crippen LogP contribution >= 0.6 is 21.6 Å². The van der Waals surface area contributed by atoms with E-state index in [1.54, 1.807) is 6.92 Å². The van der Waals surface area contributed by atoms with Crippen molar-refractivity contribution in [2.75, 3.05) is 25.4 Å². The standard InChI is InChI=1S/C73H103N7O6S2/c1-47(81)85-68-30-19-50-37-53(62(84)63-61(50)51-20-32-71(86-63)28-9-13-54(71)38-51)44-80-46-69(42-60(80)83)55(16-17-58(69)49-11-3-2-4-12-49)43-78-65(76)79-73(29-10-27-67(73)25-7-8-26-67)88-87-45-56-15-14-52(57(21-31-68)59(82)41-68)40-70(56)35-34-66(23-5-6-24-66)72(70)33-18-48(39-72)22-36-77-64(74)75/h2-4,11-12,20,32,37,48,51-52,54-59,82,84H,5-10,13-19,21-31,33-36,38-46H2,1H3,(H4,74,75,77)(H3,76,78,79). The van der Waals surface area contributed by atoms with E-state index in [4.69, 9.17) is 31.7 Å². The number of phenols is 1. The molecular weight excluding hydrogens is 1130 g/mol. The van der Waals surface area contributed by atoms with Gasteiger partial charge in [0.15, 0.2) is 23.4 Å². The number of carbonyl (C=O) groups excluding carboxylic acids is 2. The quantitative estimate of drug-likeness (QED) is 0.0543. The van der Waals surface area contributed by atoms with Crippen molar-refractivity contribution < 1.29 is 29.3 Å². The summed E-state index contributed by atoms with van der Waals surface area (Å²) in [7, 11) is 4.30. The first-order chi connectivity index (χ1) is 42.5. The third-order valence-electron chi connectivity index (χ3n) is 28.3. The van der Waals surface area contributed by atoms with Gasteiger partial charge in [-0.3, -0.25) is 19.6 Å². The number of aliphatic hydroxyl groups is 1. The van der Waals surface area contributed by atoms with Gasteiger partial charge in [-0.25, -0.2) is 0 Å². The summed E-state index contributed by atoms with van der Waals surface area (Å²) in [6.07, 6.45) is 38.3. The predicted octanol–water partition coefficient (Wildman–Crippen LogP) is 13.6. The Morgan fingerprint density at radius 2 is 1.64 bits per heavy atom. The van der Waals surface area contributed by atoms with Gasteiger partial charge in [-0.2, -0.15) is 0 Å². The Kier molecular flexibility index (Phi) is 15.7. The molecule has 18 rings (SSSR count). The molecule has 6 heterocycles. The second-order valence-corrected chi connectivity index (χ2v) is 34.5. The number of esters is 1. The van der Waals surface area contributed by atoms with E-state index in [0.717, 1.165) is 81.1 Å². The van der Waals surface area contributed by atoms with E-state index >= 15 is 4.79 Å². The van der Waals surface area contributed by atoms with Gasteiger partial charge in [-0.1, -0.05) is 83.7 Å². The fourth-order valence-electron chi connectivity index (χ4n) is 24.5. The molecule has 10 bridgehead atoms. The maximum absolute atomic E-state index is 15.1. The van der Waals surface area contributed by atoms with Crippen molar-refractivity contribution in [3.8, 4) is 11.5 Å². The summed E-state index contributed by atoms with van der Waals surface area (Å²) in [6.45, 7) is 3.64. The van der Waals surface area contributed by atoms with Crippen molar-refractivity contribution in [2.45, 2.75) is 253 Å². The first kappa shape index (κ1) is 60.2. The van der Waals surface area contributed by atoms with Gasteiger partial charge >= 0.3 is 5.97 Å². The largest absolute Gasteiger partial charge is 0.504 e. The van der Waals surface area contributed by atoms with E-state index in [-0.39, 0.29) is 80.3 Å². The number of rotatable bonds is 5. The van der Waals surface area contributed by atoms with Crippen LogP contribution in [0.3, 0.4) is 0 Å². The second kappa shape index (κ2) is 22.9. The lowest BCUT2D eigenvalue weighted by atomic mass is 9.45. The summed E-state index contributed by atoms with van der Waals surface area (Å²) in [4.78, 5) is 40.5. The minimum absolute atomic E-state index is 0.0717. The fourth-order valence-corrected chi connectivity index (χ4v) is 28.5. The van der Waals surface area contributed by atoms with Crippen LogP contribution in [0.25, 0.3) is 0 Å². The number of aliphatic hydroxyl groups excluding tert-OH is 1. The number of aryl methyl sites for hydroxylation is 1. The van der Waals surface area contributed by atoms with E-state index in [1.807, 2.05) is 4.90 Å². The molecule has 9 saturated carbocycles. The number of ether oxygens (including phenoxy) is 2. The number of guanidine groups is 2. The Bertz CT molecular complexity index is 3080. The number of nitrogens with one attached hydrogen (secondary N) is 1. The molecule has 88 heavy (non-hydrogen) atoms. The van der Waals surface area contributed by atoms with E-state index in [0.29, 0.717) is 98.1 Å². The van der Waals surface area contributed by atoms with Crippen LogP contribution in [0.5, 0.6) is 11.5 Å². The van der Waals surface area contributed by atoms with Crippen LogP contribution in [-0.4, -0.2) is 86.5 Å². The maximum Gasteiger partial charge on any atom is 0.303 e. The third kappa shape index (κ3) is 9.72. The topological polar surface area (TPSA) is 211 Å². The van der Waals surface area contributed by atoms with E-state index in [1.165, 1.54) is 115 Å². The van der Waals surface area contributed by atoms with Crippen molar-refractivity contribution in [3.05, 3.63) is 70.8 Å². The number of amides is 1. The van der Waals surface area contributed by atoms with Crippen LogP contribution < -0.4 is 27.3 Å². The van der Waals surface area contributed by atoms with E-state index in [2.05, 4.69) is 80.4 Å². The molecule has 2 aromatic rings. The highest BCUT2D eigenvalue weighted by atomic mass is 33.1. The average Bonchev–Trinajstić information content (AvgIpc) is 1.52. The summed E-state index contributed by atoms with van der Waals surface area (Å²) >= 11 is 0. The fraction of sp³-hybridized carbons (Fsp3) is 0.753. The smallest absolute Gasteiger partial charge is 0.303 e. The Labute approximate surface area is 532 Å². The lowest BCUT2D eigenvalue weighted by Gasteiger charge is -2.60. The van der Waals surface area contributed by atoms with Crippen LogP contribution in [0.15, 0.2) is 58.5 Å². The number of nitrogens with two attached hydrogens (primary N) is 3. The molecular formula is C73H103N7O6S2. The van der Waals surface area contributed by atoms with Gasteiger partial charge in [-0.15, -0.1) is 0 Å². The Morgan fingerprint density at radius 3 is 2.43 bits per heavy atom. The number of hydrogen-bond acceptors (Lipinski definition) is 12. The minimum Gasteiger partial charge on any atom is -0.504 e. The van der Waals surface area contributed by atoms with Gasteiger partial charge in [0.1, 0.15) is 16.1 Å². The van der Waals surface area contributed by atoms with Gasteiger partial charge in [0, 0.05) is 85.5 Å². The normalized spacial score (nSPS) is 41.4. The lowest BCUT2D eigenvalue weighted by molar-refractivity contribution is -0.173. The van der Waals surface area contributed by atoms with Crippen LogP contribution in [0.2, 0.25) is 0 Å². The average molecular weight is 1240 g/mol. The zero-order valence-electron chi connectivity index (χ0n) is 52.9. The number of carbonyl (C=O) groups is 2.